The first-order valence-electron chi connectivity index (χ1n) is 18.3. The van der Waals surface area contributed by atoms with Crippen molar-refractivity contribution in [2.75, 3.05) is 9.71 Å². The Morgan fingerprint density at radius 3 is 2.12 bits per heavy atom. The molecule has 0 bridgehead atoms. The monoisotopic (exact) mass is 628 g/mol. The highest BCUT2D eigenvalue weighted by molar-refractivity contribution is 6.94. The molecular weight excluding hydrogens is 579 g/mol. The first-order valence-corrected chi connectivity index (χ1v) is 18.3. The van der Waals surface area contributed by atoms with E-state index in [4.69, 9.17) is 0 Å². The fraction of sp³-hybridized carbons (Fsp3) is 0.378. The Kier molecular flexibility index (Phi) is 6.01. The van der Waals surface area contributed by atoms with Gasteiger partial charge in [-0.2, -0.15) is 0 Å². The van der Waals surface area contributed by atoms with Crippen LogP contribution in [0.25, 0.3) is 21.9 Å². The third-order valence-corrected chi connectivity index (χ3v) is 12.9. The number of aryl methyl sites for hydroxylation is 1. The Bertz CT molecular complexity index is 2160. The van der Waals surface area contributed by atoms with Gasteiger partial charge in [0.15, 0.2) is 0 Å². The van der Waals surface area contributed by atoms with Crippen molar-refractivity contribution in [3.05, 3.63) is 107 Å². The molecule has 1 fully saturated rings. The lowest BCUT2D eigenvalue weighted by Gasteiger charge is -2.53. The summed E-state index contributed by atoms with van der Waals surface area (Å²) in [7, 11) is 0. The van der Waals surface area contributed by atoms with Crippen LogP contribution in [0.3, 0.4) is 0 Å². The second-order valence-corrected chi connectivity index (χ2v) is 17.9. The molecule has 4 aliphatic rings. The zero-order chi connectivity index (χ0) is 33.5. The zero-order valence-electron chi connectivity index (χ0n) is 30.4. The largest absolute Gasteiger partial charge is 0.376 e. The summed E-state index contributed by atoms with van der Waals surface area (Å²) in [5.41, 5.74) is 17.2. The molecule has 2 atom stereocenters. The number of nitrogens with zero attached hydrogens (tertiary/aromatic N) is 2. The zero-order valence-corrected chi connectivity index (χ0v) is 30.4. The predicted octanol–water partition coefficient (Wildman–Crippen LogP) is 10.7. The van der Waals surface area contributed by atoms with Crippen LogP contribution in [-0.4, -0.2) is 12.4 Å². The molecule has 0 spiro atoms. The van der Waals surface area contributed by atoms with E-state index in [1.807, 2.05) is 0 Å². The lowest BCUT2D eigenvalue weighted by Crippen LogP contribution is -2.64. The lowest BCUT2D eigenvalue weighted by atomic mass is 9.43. The summed E-state index contributed by atoms with van der Waals surface area (Å²) in [6.07, 6.45) is 5.04. The molecule has 2 unspecified atom stereocenters. The predicted molar refractivity (Wildman–Crippen MR) is 208 cm³/mol. The van der Waals surface area contributed by atoms with Crippen molar-refractivity contribution in [3.63, 3.8) is 0 Å². The maximum absolute atomic E-state index is 2.86. The van der Waals surface area contributed by atoms with E-state index in [9.17, 15) is 0 Å². The summed E-state index contributed by atoms with van der Waals surface area (Å²) in [6, 6.07) is 33.5. The van der Waals surface area contributed by atoms with Gasteiger partial charge in [0.25, 0.3) is 0 Å². The Morgan fingerprint density at radius 1 is 0.688 bits per heavy atom. The first-order chi connectivity index (χ1) is 22.7. The van der Waals surface area contributed by atoms with Crippen molar-refractivity contribution in [1.82, 2.24) is 0 Å². The summed E-state index contributed by atoms with van der Waals surface area (Å²) in [4.78, 5) is 5.59. The van der Waals surface area contributed by atoms with E-state index in [0.29, 0.717) is 0 Å². The van der Waals surface area contributed by atoms with Gasteiger partial charge in [-0.3, -0.25) is 0 Å². The molecule has 5 aromatic carbocycles. The number of hydrogen-bond donors (Lipinski definition) is 0. The van der Waals surface area contributed by atoms with Crippen LogP contribution in [0.1, 0.15) is 103 Å². The molecule has 48 heavy (non-hydrogen) atoms. The molecule has 242 valence electrons. The topological polar surface area (TPSA) is 6.48 Å². The smallest absolute Gasteiger partial charge is 0.333 e. The van der Waals surface area contributed by atoms with Crippen molar-refractivity contribution >= 4 is 51.3 Å². The second kappa shape index (κ2) is 9.59. The molecule has 3 heteroatoms. The minimum atomic E-state index is 0.0220. The molecule has 1 saturated carbocycles. The van der Waals surface area contributed by atoms with Crippen LogP contribution in [0.2, 0.25) is 0 Å². The third-order valence-electron chi connectivity index (χ3n) is 12.9. The lowest BCUT2D eigenvalue weighted by molar-refractivity contribution is 0.195. The second-order valence-electron chi connectivity index (χ2n) is 17.9. The van der Waals surface area contributed by atoms with Crippen molar-refractivity contribution in [2.24, 2.45) is 0 Å². The Morgan fingerprint density at radius 2 is 1.40 bits per heavy atom. The van der Waals surface area contributed by atoms with E-state index in [-0.39, 0.29) is 28.6 Å². The van der Waals surface area contributed by atoms with Gasteiger partial charge in [-0.1, -0.05) is 128 Å². The molecule has 0 aromatic heterocycles. The van der Waals surface area contributed by atoms with Gasteiger partial charge in [0.2, 0.25) is 0 Å². The van der Waals surface area contributed by atoms with E-state index in [1.165, 1.54) is 97.9 Å². The van der Waals surface area contributed by atoms with Crippen molar-refractivity contribution < 1.29 is 0 Å². The van der Waals surface area contributed by atoms with Crippen LogP contribution in [0.4, 0.5) is 22.7 Å². The van der Waals surface area contributed by atoms with Crippen LogP contribution in [-0.2, 0) is 16.2 Å². The van der Waals surface area contributed by atoms with Gasteiger partial charge >= 0.3 is 6.85 Å². The normalized spacial score (nSPS) is 22.4. The number of fused-ring (bicyclic) bond motifs is 9. The maximum atomic E-state index is 2.86. The average Bonchev–Trinajstić information content (AvgIpc) is 3.26. The summed E-state index contributed by atoms with van der Waals surface area (Å²) >= 11 is 0. The van der Waals surface area contributed by atoms with Crippen LogP contribution in [0.15, 0.2) is 84.9 Å². The Labute approximate surface area is 288 Å². The molecule has 3 heterocycles. The molecule has 1 aliphatic carbocycles. The molecule has 2 nitrogen and oxygen atoms in total. The van der Waals surface area contributed by atoms with Crippen molar-refractivity contribution in [3.8, 4) is 11.1 Å². The summed E-state index contributed by atoms with van der Waals surface area (Å²) in [5.74, 6) is 0. The number of anilines is 4. The summed E-state index contributed by atoms with van der Waals surface area (Å²) < 4.78 is 0. The number of rotatable bonds is 1. The average molecular weight is 629 g/mol. The van der Waals surface area contributed by atoms with Gasteiger partial charge in [-0.15, -0.1) is 0 Å². The highest BCUT2D eigenvalue weighted by Crippen LogP contribution is 2.62. The summed E-state index contributed by atoms with van der Waals surface area (Å²) in [6.45, 7) is 21.7. The van der Waals surface area contributed by atoms with E-state index in [0.717, 1.165) is 0 Å². The molecule has 0 saturated heterocycles. The standard InChI is InChI=1S/C45H49BN2/c1-28-24-35-34-21-16-29-14-10-11-15-33(29)40(34)48(32-19-17-30(18-20-32)42(2,3)4)46-37-27-31(43(5,6)7)26-36-41(37)47(38(25-28)39(35)46)45(9)23-13-12-22-44(36,45)8/h10-11,14-21,24-27H,12-13,22-23H2,1-9H3. The summed E-state index contributed by atoms with van der Waals surface area (Å²) in [5, 5.41) is 2.61. The molecule has 0 N–H and O–H groups in total. The van der Waals surface area contributed by atoms with Gasteiger partial charge < -0.3 is 9.71 Å². The Hall–Kier alpha value is -3.98. The van der Waals surface area contributed by atoms with E-state index in [1.54, 1.807) is 5.56 Å². The van der Waals surface area contributed by atoms with Gasteiger partial charge in [0, 0.05) is 39.1 Å². The van der Waals surface area contributed by atoms with E-state index >= 15 is 0 Å². The first kappa shape index (κ1) is 30.1. The highest BCUT2D eigenvalue weighted by Gasteiger charge is 2.62. The maximum Gasteiger partial charge on any atom is 0.333 e. The number of hydrogen-bond acceptors (Lipinski definition) is 2. The van der Waals surface area contributed by atoms with Crippen LogP contribution >= 0.6 is 0 Å². The molecule has 0 radical (unpaired) electrons. The van der Waals surface area contributed by atoms with Crippen molar-refractivity contribution in [1.29, 1.82) is 0 Å². The quantitative estimate of drug-likeness (QED) is 0.171. The van der Waals surface area contributed by atoms with E-state index < -0.39 is 0 Å². The fourth-order valence-electron chi connectivity index (χ4n) is 10.0. The van der Waals surface area contributed by atoms with Crippen LogP contribution < -0.4 is 20.6 Å². The van der Waals surface area contributed by atoms with Crippen LogP contribution in [0, 0.1) is 6.92 Å². The van der Waals surface area contributed by atoms with E-state index in [2.05, 4.69) is 157 Å². The molecule has 9 rings (SSSR count). The molecule has 5 aromatic rings. The fourth-order valence-corrected chi connectivity index (χ4v) is 10.0. The van der Waals surface area contributed by atoms with Crippen molar-refractivity contribution in [2.45, 2.75) is 110 Å². The van der Waals surface area contributed by atoms with Crippen LogP contribution in [0.5, 0.6) is 0 Å². The SMILES string of the molecule is Cc1cc2c3c(c1)N1c4c(cc(C(C)(C)C)cc4C4(C)CCCCC14C)B3N(c1ccc(C(C)(C)C)cc1)c1c-2ccc2ccccc12. The van der Waals surface area contributed by atoms with Gasteiger partial charge in [-0.25, -0.2) is 0 Å². The van der Waals surface area contributed by atoms with Gasteiger partial charge in [0.1, 0.15) is 0 Å². The molecule has 0 amide bonds. The Balaban J connectivity index is 1.45. The number of benzene rings is 5. The van der Waals surface area contributed by atoms with Gasteiger partial charge in [-0.05, 0) is 99.8 Å². The minimum absolute atomic E-state index is 0.0220. The molecule has 3 aliphatic heterocycles. The minimum Gasteiger partial charge on any atom is -0.376 e. The third kappa shape index (κ3) is 3.82. The van der Waals surface area contributed by atoms with Gasteiger partial charge in [0.05, 0.1) is 5.54 Å². The molecular formula is C45H49BN2. The highest BCUT2D eigenvalue weighted by atomic mass is 15.3.